The maximum absolute atomic E-state index is 3.67. The molecule has 1 N–H and O–H groups in total. The molecule has 0 aromatic rings. The highest BCUT2D eigenvalue weighted by Crippen LogP contribution is 2.19. The summed E-state index contributed by atoms with van der Waals surface area (Å²) in [4.78, 5) is 2.62. The average Bonchev–Trinajstić information content (AvgIpc) is 2.26. The molecule has 0 saturated carbocycles. The van der Waals surface area contributed by atoms with E-state index in [-0.39, 0.29) is 5.54 Å². The molecule has 1 heterocycles. The van der Waals surface area contributed by atoms with Crippen LogP contribution in [0.25, 0.3) is 0 Å². The van der Waals surface area contributed by atoms with Crippen molar-refractivity contribution in [3.8, 4) is 0 Å². The number of hydrogen-bond acceptors (Lipinski definition) is 3. The molecule has 0 aliphatic carbocycles. The highest BCUT2D eigenvalue weighted by molar-refractivity contribution is 7.99. The van der Waals surface area contributed by atoms with Gasteiger partial charge in [0.1, 0.15) is 0 Å². The second-order valence-corrected chi connectivity index (χ2v) is 7.19. The third kappa shape index (κ3) is 4.64. The maximum Gasteiger partial charge on any atom is 0.0193 e. The number of nitrogens with zero attached hydrogens (tertiary/aromatic N) is 1. The van der Waals surface area contributed by atoms with Gasteiger partial charge < -0.3 is 5.32 Å². The van der Waals surface area contributed by atoms with Crippen LogP contribution in [0.1, 0.15) is 41.0 Å². The Hall–Kier alpha value is 0.270. The molecule has 1 saturated heterocycles. The number of thioether (sulfide) groups is 1. The Bertz CT molecular complexity index is 206. The van der Waals surface area contributed by atoms with Gasteiger partial charge in [-0.2, -0.15) is 11.8 Å². The molecule has 0 spiro atoms. The van der Waals surface area contributed by atoms with E-state index in [4.69, 9.17) is 0 Å². The Kier molecular flexibility index (Phi) is 5.62. The van der Waals surface area contributed by atoms with Gasteiger partial charge in [0.25, 0.3) is 0 Å². The van der Waals surface area contributed by atoms with Crippen LogP contribution in [0.15, 0.2) is 0 Å². The fraction of sp³-hybridized carbons (Fsp3) is 1.00. The first-order valence-corrected chi connectivity index (χ1v) is 7.60. The molecule has 2 nitrogen and oxygen atoms in total. The summed E-state index contributed by atoms with van der Waals surface area (Å²) in [7, 11) is 0. The van der Waals surface area contributed by atoms with E-state index in [0.29, 0.717) is 6.04 Å². The van der Waals surface area contributed by atoms with Gasteiger partial charge in [0.2, 0.25) is 0 Å². The lowest BCUT2D eigenvalue weighted by Gasteiger charge is -2.37. The number of hydrogen-bond donors (Lipinski definition) is 1. The lowest BCUT2D eigenvalue weighted by Crippen LogP contribution is -2.50. The molecule has 2 atom stereocenters. The lowest BCUT2D eigenvalue weighted by atomic mass is 10.0. The molecule has 0 aromatic heterocycles. The Morgan fingerprint density at radius 1 is 1.50 bits per heavy atom. The highest BCUT2D eigenvalue weighted by atomic mass is 32.2. The third-order valence-electron chi connectivity index (χ3n) is 3.66. The monoisotopic (exact) mass is 244 g/mol. The summed E-state index contributed by atoms with van der Waals surface area (Å²) in [5, 5.41) is 4.47. The largest absolute Gasteiger partial charge is 0.310 e. The Morgan fingerprint density at radius 2 is 2.19 bits per heavy atom. The van der Waals surface area contributed by atoms with Crippen LogP contribution in [-0.2, 0) is 0 Å². The van der Waals surface area contributed by atoms with Gasteiger partial charge in [0, 0.05) is 42.2 Å². The molecule has 3 heteroatoms. The molecule has 1 aliphatic rings. The summed E-state index contributed by atoms with van der Waals surface area (Å²) in [6, 6.07) is 0.661. The molecule has 0 aromatic carbocycles. The first-order valence-electron chi connectivity index (χ1n) is 6.55. The summed E-state index contributed by atoms with van der Waals surface area (Å²) in [6.07, 6.45) is 1.19. The van der Waals surface area contributed by atoms with Crippen LogP contribution in [-0.4, -0.2) is 47.1 Å². The summed E-state index contributed by atoms with van der Waals surface area (Å²) < 4.78 is 0. The van der Waals surface area contributed by atoms with Crippen molar-refractivity contribution in [2.45, 2.75) is 57.9 Å². The van der Waals surface area contributed by atoms with E-state index >= 15 is 0 Å². The summed E-state index contributed by atoms with van der Waals surface area (Å²) in [6.45, 7) is 15.1. The first-order chi connectivity index (χ1) is 7.44. The topological polar surface area (TPSA) is 15.3 Å². The zero-order valence-corrected chi connectivity index (χ0v) is 12.4. The molecular formula is C13H28N2S. The van der Waals surface area contributed by atoms with Gasteiger partial charge in [-0.25, -0.2) is 0 Å². The van der Waals surface area contributed by atoms with Gasteiger partial charge in [-0.1, -0.05) is 13.8 Å². The Morgan fingerprint density at radius 3 is 2.75 bits per heavy atom. The van der Waals surface area contributed by atoms with Crippen LogP contribution in [0.3, 0.4) is 0 Å². The van der Waals surface area contributed by atoms with Gasteiger partial charge in [-0.3, -0.25) is 4.90 Å². The van der Waals surface area contributed by atoms with Crippen LogP contribution >= 0.6 is 11.8 Å². The van der Waals surface area contributed by atoms with Gasteiger partial charge in [-0.15, -0.1) is 0 Å². The molecule has 16 heavy (non-hydrogen) atoms. The SMILES string of the molecule is CCC(C)(C)NCC(C)N1CCSC(C)C1. The fourth-order valence-electron chi connectivity index (χ4n) is 1.92. The molecule has 1 rings (SSSR count). The van der Waals surface area contributed by atoms with Crippen molar-refractivity contribution < 1.29 is 0 Å². The quantitative estimate of drug-likeness (QED) is 0.800. The van der Waals surface area contributed by atoms with E-state index in [2.05, 4.69) is 56.6 Å². The molecule has 2 unspecified atom stereocenters. The van der Waals surface area contributed by atoms with E-state index < -0.39 is 0 Å². The van der Waals surface area contributed by atoms with Gasteiger partial charge >= 0.3 is 0 Å². The minimum Gasteiger partial charge on any atom is -0.310 e. The fourth-order valence-corrected chi connectivity index (χ4v) is 2.96. The van der Waals surface area contributed by atoms with Gasteiger partial charge in [0.05, 0.1) is 0 Å². The summed E-state index contributed by atoms with van der Waals surface area (Å²) in [5.74, 6) is 1.29. The van der Waals surface area contributed by atoms with E-state index in [0.717, 1.165) is 11.8 Å². The molecule has 0 bridgehead atoms. The Balaban J connectivity index is 2.31. The van der Waals surface area contributed by atoms with E-state index in [1.165, 1.54) is 25.3 Å². The molecule has 96 valence electrons. The van der Waals surface area contributed by atoms with Crippen LogP contribution in [0.5, 0.6) is 0 Å². The predicted octanol–water partition coefficient (Wildman–Crippen LogP) is 2.59. The van der Waals surface area contributed by atoms with Crippen molar-refractivity contribution in [2.24, 2.45) is 0 Å². The minimum atomic E-state index is 0.282. The minimum absolute atomic E-state index is 0.282. The first kappa shape index (κ1) is 14.3. The van der Waals surface area contributed by atoms with Crippen molar-refractivity contribution in [2.75, 3.05) is 25.4 Å². The van der Waals surface area contributed by atoms with Crippen LogP contribution in [0.2, 0.25) is 0 Å². The Labute approximate surface area is 106 Å². The van der Waals surface area contributed by atoms with Crippen LogP contribution in [0, 0.1) is 0 Å². The predicted molar refractivity (Wildman–Crippen MR) is 75.3 cm³/mol. The molecular weight excluding hydrogens is 216 g/mol. The summed E-state index contributed by atoms with van der Waals surface area (Å²) >= 11 is 2.11. The van der Waals surface area contributed by atoms with Crippen molar-refractivity contribution in [1.82, 2.24) is 10.2 Å². The molecule has 1 aliphatic heterocycles. The number of rotatable bonds is 5. The number of nitrogens with one attached hydrogen (secondary N) is 1. The zero-order valence-electron chi connectivity index (χ0n) is 11.5. The van der Waals surface area contributed by atoms with E-state index in [1.807, 2.05) is 0 Å². The molecule has 1 fully saturated rings. The third-order valence-corrected chi connectivity index (χ3v) is 4.79. The molecule has 0 radical (unpaired) electrons. The van der Waals surface area contributed by atoms with E-state index in [1.54, 1.807) is 0 Å². The van der Waals surface area contributed by atoms with Crippen LogP contribution < -0.4 is 5.32 Å². The van der Waals surface area contributed by atoms with Crippen molar-refractivity contribution >= 4 is 11.8 Å². The lowest BCUT2D eigenvalue weighted by molar-refractivity contribution is 0.199. The maximum atomic E-state index is 3.67. The molecule has 0 amide bonds. The summed E-state index contributed by atoms with van der Waals surface area (Å²) in [5.41, 5.74) is 0.282. The van der Waals surface area contributed by atoms with Crippen molar-refractivity contribution in [1.29, 1.82) is 0 Å². The van der Waals surface area contributed by atoms with Gasteiger partial charge in [-0.05, 0) is 27.2 Å². The zero-order chi connectivity index (χ0) is 12.2. The normalized spacial score (nSPS) is 25.7. The second kappa shape index (κ2) is 6.27. The second-order valence-electron chi connectivity index (χ2n) is 5.64. The standard InChI is InChI=1S/C13H28N2S/c1-6-13(4,5)14-9-11(2)15-7-8-16-12(3)10-15/h11-12,14H,6-10H2,1-5H3. The average molecular weight is 244 g/mol. The van der Waals surface area contributed by atoms with Crippen LogP contribution in [0.4, 0.5) is 0 Å². The van der Waals surface area contributed by atoms with Gasteiger partial charge in [0.15, 0.2) is 0 Å². The van der Waals surface area contributed by atoms with Crippen molar-refractivity contribution in [3.63, 3.8) is 0 Å². The highest BCUT2D eigenvalue weighted by Gasteiger charge is 2.22. The van der Waals surface area contributed by atoms with Crippen molar-refractivity contribution in [3.05, 3.63) is 0 Å². The smallest absolute Gasteiger partial charge is 0.0193 e. The van der Waals surface area contributed by atoms with E-state index in [9.17, 15) is 0 Å².